The number of furan rings is 1. The average molecular weight is 461 g/mol. The van der Waals surface area contributed by atoms with Crippen LogP contribution in [-0.4, -0.2) is 47.0 Å². The van der Waals surface area contributed by atoms with E-state index < -0.39 is 0 Å². The molecule has 7 nitrogen and oxygen atoms in total. The quantitative estimate of drug-likeness (QED) is 0.579. The third-order valence-corrected chi connectivity index (χ3v) is 4.93. The number of hydrogen-bond donors (Lipinski definition) is 0. The first-order chi connectivity index (χ1) is 14.1. The molecule has 3 aromatic rings. The number of carbonyl (C=O) groups is 1. The molecule has 4 rings (SSSR count). The number of piperazine rings is 1. The lowest BCUT2D eigenvalue weighted by atomic mass is 10.3. The van der Waals surface area contributed by atoms with Gasteiger partial charge in [0.25, 0.3) is 5.91 Å². The lowest BCUT2D eigenvalue weighted by molar-refractivity contribution is 0.0710. The number of amides is 1. The molecule has 0 spiro atoms. The Kier molecular flexibility index (Phi) is 5.75. The Balaban J connectivity index is 1.31. The first kappa shape index (κ1) is 19.4. The Labute approximate surface area is 175 Å². The van der Waals surface area contributed by atoms with E-state index in [1.807, 2.05) is 4.90 Å². The molecule has 0 aliphatic carbocycles. The van der Waals surface area contributed by atoms with E-state index in [2.05, 4.69) is 25.9 Å². The highest BCUT2D eigenvalue weighted by atomic mass is 79.9. The van der Waals surface area contributed by atoms with E-state index >= 15 is 0 Å². The monoisotopic (exact) mass is 460 g/mol. The Morgan fingerprint density at radius 2 is 1.76 bits per heavy atom. The summed E-state index contributed by atoms with van der Waals surface area (Å²) in [5, 5.41) is 0. The predicted octanol–water partition coefficient (Wildman–Crippen LogP) is 3.51. The lowest BCUT2D eigenvalue weighted by Gasteiger charge is -2.34. The van der Waals surface area contributed by atoms with E-state index in [9.17, 15) is 9.18 Å². The van der Waals surface area contributed by atoms with Crippen LogP contribution in [0.3, 0.4) is 0 Å². The Hall–Kier alpha value is -2.94. The average Bonchev–Trinajstić information content (AvgIpc) is 3.23. The van der Waals surface area contributed by atoms with E-state index in [1.165, 1.54) is 12.1 Å². The van der Waals surface area contributed by atoms with Crippen LogP contribution in [0.4, 0.5) is 10.3 Å². The first-order valence-electron chi connectivity index (χ1n) is 9.07. The standard InChI is InChI=1S/C20H18BrFN4O3/c21-14-11-23-20(24-12-14)26-9-7-25(8-10-26)19(27)18-6-5-17(29-18)13-28-16-3-1-15(22)2-4-16/h1-6,11-12H,7-10,13H2. The maximum absolute atomic E-state index is 12.9. The third-order valence-electron chi connectivity index (χ3n) is 4.52. The molecular weight excluding hydrogens is 443 g/mol. The van der Waals surface area contributed by atoms with Gasteiger partial charge < -0.3 is 19.0 Å². The topological polar surface area (TPSA) is 71.7 Å². The van der Waals surface area contributed by atoms with Gasteiger partial charge in [0.15, 0.2) is 5.76 Å². The second kappa shape index (κ2) is 8.60. The number of carbonyl (C=O) groups excluding carboxylic acids is 1. The second-order valence-corrected chi connectivity index (χ2v) is 7.40. The van der Waals surface area contributed by atoms with Gasteiger partial charge >= 0.3 is 0 Å². The largest absolute Gasteiger partial charge is 0.486 e. The molecule has 0 N–H and O–H groups in total. The van der Waals surface area contributed by atoms with Crippen LogP contribution in [0.5, 0.6) is 5.75 Å². The molecule has 150 valence electrons. The maximum Gasteiger partial charge on any atom is 0.289 e. The molecule has 9 heteroatoms. The molecule has 0 radical (unpaired) electrons. The van der Waals surface area contributed by atoms with Gasteiger partial charge in [0, 0.05) is 38.6 Å². The molecule has 1 aromatic carbocycles. The fourth-order valence-electron chi connectivity index (χ4n) is 2.99. The van der Waals surface area contributed by atoms with Gasteiger partial charge in [-0.3, -0.25) is 4.79 Å². The van der Waals surface area contributed by atoms with Crippen LogP contribution in [0.1, 0.15) is 16.3 Å². The zero-order chi connectivity index (χ0) is 20.2. The van der Waals surface area contributed by atoms with Crippen LogP contribution >= 0.6 is 15.9 Å². The zero-order valence-electron chi connectivity index (χ0n) is 15.4. The lowest BCUT2D eigenvalue weighted by Crippen LogP contribution is -2.49. The van der Waals surface area contributed by atoms with Crippen molar-refractivity contribution < 1.29 is 18.3 Å². The van der Waals surface area contributed by atoms with Crippen molar-refractivity contribution in [2.75, 3.05) is 31.1 Å². The summed E-state index contributed by atoms with van der Waals surface area (Å²) in [5.74, 6) is 1.50. The van der Waals surface area contributed by atoms with Crippen molar-refractivity contribution in [3.63, 3.8) is 0 Å². The van der Waals surface area contributed by atoms with Gasteiger partial charge in [-0.2, -0.15) is 0 Å². The Morgan fingerprint density at radius 1 is 1.07 bits per heavy atom. The predicted molar refractivity (Wildman–Crippen MR) is 107 cm³/mol. The molecule has 2 aromatic heterocycles. The molecule has 0 unspecified atom stereocenters. The minimum atomic E-state index is -0.324. The van der Waals surface area contributed by atoms with Gasteiger partial charge in [-0.05, 0) is 52.3 Å². The maximum atomic E-state index is 12.9. The molecule has 1 saturated heterocycles. The van der Waals surface area contributed by atoms with Gasteiger partial charge in [-0.15, -0.1) is 0 Å². The number of nitrogens with zero attached hydrogens (tertiary/aromatic N) is 4. The van der Waals surface area contributed by atoms with Crippen molar-refractivity contribution >= 4 is 27.8 Å². The summed E-state index contributed by atoms with van der Waals surface area (Å²) in [5.41, 5.74) is 0. The van der Waals surface area contributed by atoms with Crippen LogP contribution in [0.25, 0.3) is 0 Å². The van der Waals surface area contributed by atoms with Crippen molar-refractivity contribution in [3.05, 3.63) is 70.6 Å². The molecule has 1 aliphatic rings. The van der Waals surface area contributed by atoms with Gasteiger partial charge in [0.1, 0.15) is 23.9 Å². The number of ether oxygens (including phenoxy) is 1. The second-order valence-electron chi connectivity index (χ2n) is 6.49. The first-order valence-corrected chi connectivity index (χ1v) is 9.86. The number of benzene rings is 1. The van der Waals surface area contributed by atoms with E-state index in [0.717, 1.165) is 4.47 Å². The Morgan fingerprint density at radius 3 is 2.45 bits per heavy atom. The SMILES string of the molecule is O=C(c1ccc(COc2ccc(F)cc2)o1)N1CCN(c2ncc(Br)cn2)CC1. The van der Waals surface area contributed by atoms with Crippen LogP contribution < -0.4 is 9.64 Å². The van der Waals surface area contributed by atoms with Crippen LogP contribution in [0.2, 0.25) is 0 Å². The number of aromatic nitrogens is 2. The molecule has 1 amide bonds. The normalized spacial score (nSPS) is 14.1. The summed E-state index contributed by atoms with van der Waals surface area (Å²) < 4.78 is 24.9. The molecule has 1 fully saturated rings. The van der Waals surface area contributed by atoms with Crippen molar-refractivity contribution in [1.29, 1.82) is 0 Å². The highest BCUT2D eigenvalue weighted by molar-refractivity contribution is 9.10. The fourth-order valence-corrected chi connectivity index (χ4v) is 3.19. The summed E-state index contributed by atoms with van der Waals surface area (Å²) in [6.45, 7) is 2.57. The third kappa shape index (κ3) is 4.73. The summed E-state index contributed by atoms with van der Waals surface area (Å²) in [4.78, 5) is 25.1. The minimum absolute atomic E-state index is 0.158. The van der Waals surface area contributed by atoms with Gasteiger partial charge in [0.2, 0.25) is 5.95 Å². The summed E-state index contributed by atoms with van der Waals surface area (Å²) in [6, 6.07) is 9.09. The highest BCUT2D eigenvalue weighted by Gasteiger charge is 2.25. The molecule has 1 aliphatic heterocycles. The van der Waals surface area contributed by atoms with Crippen molar-refractivity contribution in [2.45, 2.75) is 6.61 Å². The van der Waals surface area contributed by atoms with Gasteiger partial charge in [-0.25, -0.2) is 14.4 Å². The van der Waals surface area contributed by atoms with E-state index in [0.29, 0.717) is 43.6 Å². The molecule has 0 bridgehead atoms. The molecular formula is C20H18BrFN4O3. The molecule has 0 atom stereocenters. The van der Waals surface area contributed by atoms with Crippen molar-refractivity contribution in [2.24, 2.45) is 0 Å². The number of anilines is 1. The van der Waals surface area contributed by atoms with Gasteiger partial charge in [0.05, 0.1) is 4.47 Å². The zero-order valence-corrected chi connectivity index (χ0v) is 17.0. The van der Waals surface area contributed by atoms with E-state index in [1.54, 1.807) is 41.6 Å². The van der Waals surface area contributed by atoms with E-state index in [-0.39, 0.29) is 24.1 Å². The Bertz CT molecular complexity index is 970. The minimum Gasteiger partial charge on any atom is -0.486 e. The molecule has 3 heterocycles. The van der Waals surface area contributed by atoms with Gasteiger partial charge in [-0.1, -0.05) is 0 Å². The number of halogens is 2. The summed E-state index contributed by atoms with van der Waals surface area (Å²) in [7, 11) is 0. The molecule has 29 heavy (non-hydrogen) atoms. The van der Waals surface area contributed by atoms with Crippen LogP contribution in [0.15, 0.2) is 57.7 Å². The van der Waals surface area contributed by atoms with Crippen LogP contribution in [0, 0.1) is 5.82 Å². The van der Waals surface area contributed by atoms with Crippen molar-refractivity contribution in [3.8, 4) is 5.75 Å². The van der Waals surface area contributed by atoms with E-state index in [4.69, 9.17) is 9.15 Å². The smallest absolute Gasteiger partial charge is 0.289 e. The number of rotatable bonds is 5. The molecule has 0 saturated carbocycles. The highest BCUT2D eigenvalue weighted by Crippen LogP contribution is 2.18. The van der Waals surface area contributed by atoms with Crippen LogP contribution in [-0.2, 0) is 6.61 Å². The fraction of sp³-hybridized carbons (Fsp3) is 0.250. The summed E-state index contributed by atoms with van der Waals surface area (Å²) in [6.07, 6.45) is 3.41. The summed E-state index contributed by atoms with van der Waals surface area (Å²) >= 11 is 3.32. The van der Waals surface area contributed by atoms with Crippen molar-refractivity contribution in [1.82, 2.24) is 14.9 Å². The number of hydrogen-bond acceptors (Lipinski definition) is 6.